The van der Waals surface area contributed by atoms with E-state index in [1.54, 1.807) is 19.2 Å². The van der Waals surface area contributed by atoms with E-state index in [2.05, 4.69) is 36.5 Å². The average molecular weight is 382 g/mol. The van der Waals surface area contributed by atoms with Gasteiger partial charge in [-0.2, -0.15) is 4.98 Å². The van der Waals surface area contributed by atoms with Gasteiger partial charge < -0.3 is 10.6 Å². The second-order valence-electron chi connectivity index (χ2n) is 3.49. The van der Waals surface area contributed by atoms with Gasteiger partial charge in [-0.3, -0.25) is 0 Å². The lowest BCUT2D eigenvalue weighted by molar-refractivity contribution is 1.15. The van der Waals surface area contributed by atoms with Gasteiger partial charge in [-0.15, -0.1) is 0 Å². The number of aromatic nitrogens is 2. The van der Waals surface area contributed by atoms with Gasteiger partial charge in [0.1, 0.15) is 5.02 Å². The highest BCUT2D eigenvalue weighted by atomic mass is 79.9. The first-order valence-corrected chi connectivity index (χ1v) is 7.06. The Morgan fingerprint density at radius 3 is 2.58 bits per heavy atom. The summed E-state index contributed by atoms with van der Waals surface area (Å²) in [6.45, 7) is 0. The molecule has 100 valence electrons. The fourth-order valence-electron chi connectivity index (χ4n) is 1.33. The fraction of sp³-hybridized carbons (Fsp3) is 0.0909. The summed E-state index contributed by atoms with van der Waals surface area (Å²) in [5.41, 5.74) is 0.609. The zero-order chi connectivity index (χ0) is 14.0. The summed E-state index contributed by atoms with van der Waals surface area (Å²) in [5, 5.41) is 7.04. The molecule has 0 fully saturated rings. The summed E-state index contributed by atoms with van der Waals surface area (Å²) in [4.78, 5) is 8.19. The van der Waals surface area contributed by atoms with Gasteiger partial charge in [0.25, 0.3) is 0 Å². The van der Waals surface area contributed by atoms with Crippen LogP contribution in [0.1, 0.15) is 0 Å². The first-order valence-electron chi connectivity index (χ1n) is 5.13. The van der Waals surface area contributed by atoms with Crippen molar-refractivity contribution in [1.29, 1.82) is 0 Å². The number of nitrogens with one attached hydrogen (secondary N) is 2. The predicted molar refractivity (Wildman–Crippen MR) is 84.0 cm³/mol. The van der Waals surface area contributed by atoms with Gasteiger partial charge in [-0.25, -0.2) is 4.98 Å². The highest BCUT2D eigenvalue weighted by Crippen LogP contribution is 2.37. The van der Waals surface area contributed by atoms with Crippen LogP contribution in [0.15, 0.2) is 22.8 Å². The Kier molecular flexibility index (Phi) is 4.73. The Morgan fingerprint density at radius 1 is 1.16 bits per heavy atom. The van der Waals surface area contributed by atoms with Crippen LogP contribution in [0.25, 0.3) is 0 Å². The highest BCUT2D eigenvalue weighted by molar-refractivity contribution is 9.10. The van der Waals surface area contributed by atoms with Gasteiger partial charge in [0.15, 0.2) is 5.82 Å². The molecule has 19 heavy (non-hydrogen) atoms. The minimum absolute atomic E-state index is 0.383. The SMILES string of the molecule is CNc1ncc(Cl)c(Nc2ccc(Br)c(Cl)c2Cl)n1. The second kappa shape index (κ2) is 6.13. The van der Waals surface area contributed by atoms with E-state index in [0.717, 1.165) is 4.47 Å². The third-order valence-corrected chi connectivity index (χ3v) is 4.30. The number of nitrogens with zero attached hydrogens (tertiary/aromatic N) is 2. The molecule has 1 heterocycles. The van der Waals surface area contributed by atoms with Crippen LogP contribution in [0.3, 0.4) is 0 Å². The molecule has 2 aromatic rings. The maximum atomic E-state index is 6.15. The Balaban J connectivity index is 2.39. The van der Waals surface area contributed by atoms with Crippen molar-refractivity contribution >= 4 is 68.2 Å². The Hall–Kier alpha value is -0.750. The second-order valence-corrected chi connectivity index (χ2v) is 5.51. The molecular weight excluding hydrogens is 374 g/mol. The molecule has 0 unspecified atom stereocenters. The van der Waals surface area contributed by atoms with Crippen molar-refractivity contribution in [2.75, 3.05) is 17.7 Å². The molecule has 0 radical (unpaired) electrons. The van der Waals surface area contributed by atoms with Gasteiger partial charge in [0, 0.05) is 11.5 Å². The molecule has 8 heteroatoms. The smallest absolute Gasteiger partial charge is 0.224 e. The van der Waals surface area contributed by atoms with Crippen molar-refractivity contribution in [1.82, 2.24) is 9.97 Å². The van der Waals surface area contributed by atoms with E-state index >= 15 is 0 Å². The lowest BCUT2D eigenvalue weighted by atomic mass is 10.3. The average Bonchev–Trinajstić information content (AvgIpc) is 2.41. The molecule has 0 saturated heterocycles. The molecule has 0 aliphatic carbocycles. The summed E-state index contributed by atoms with van der Waals surface area (Å²) in [6.07, 6.45) is 1.50. The van der Waals surface area contributed by atoms with Crippen LogP contribution < -0.4 is 10.6 Å². The molecule has 0 saturated carbocycles. The van der Waals surface area contributed by atoms with Crippen molar-refractivity contribution in [2.24, 2.45) is 0 Å². The van der Waals surface area contributed by atoms with Gasteiger partial charge in [-0.05, 0) is 28.1 Å². The Bertz CT molecular complexity index is 621. The van der Waals surface area contributed by atoms with Gasteiger partial charge in [0.05, 0.1) is 21.9 Å². The summed E-state index contributed by atoms with van der Waals surface area (Å²) in [6, 6.07) is 3.56. The summed E-state index contributed by atoms with van der Waals surface area (Å²) >= 11 is 21.5. The lowest BCUT2D eigenvalue weighted by Gasteiger charge is -2.11. The molecule has 0 aliphatic heterocycles. The zero-order valence-corrected chi connectivity index (χ0v) is 13.5. The van der Waals surface area contributed by atoms with Crippen molar-refractivity contribution in [3.05, 3.63) is 37.9 Å². The number of hydrogen-bond acceptors (Lipinski definition) is 4. The van der Waals surface area contributed by atoms with Gasteiger partial charge >= 0.3 is 0 Å². The predicted octanol–water partition coefficient (Wildman–Crippen LogP) is 4.98. The van der Waals surface area contributed by atoms with Crippen LogP contribution in [-0.2, 0) is 0 Å². The highest BCUT2D eigenvalue weighted by Gasteiger charge is 2.11. The van der Waals surface area contributed by atoms with Crippen LogP contribution >= 0.6 is 50.7 Å². The first-order chi connectivity index (χ1) is 9.02. The molecule has 4 nitrogen and oxygen atoms in total. The normalized spacial score (nSPS) is 10.4. The number of halogens is 4. The Morgan fingerprint density at radius 2 is 1.89 bits per heavy atom. The fourth-order valence-corrected chi connectivity index (χ4v) is 2.28. The molecule has 0 spiro atoms. The molecule has 0 bridgehead atoms. The van der Waals surface area contributed by atoms with Gasteiger partial charge in [-0.1, -0.05) is 34.8 Å². The number of anilines is 3. The molecule has 0 amide bonds. The van der Waals surface area contributed by atoms with E-state index in [0.29, 0.717) is 32.5 Å². The standard InChI is InChI=1S/C11H8BrCl3N4/c1-16-11-17-4-6(13)10(19-11)18-7-3-2-5(12)8(14)9(7)15/h2-4H,1H3,(H2,16,17,18,19). The Labute approximate surface area is 133 Å². The van der Waals surface area contributed by atoms with Crippen LogP contribution in [0.5, 0.6) is 0 Å². The summed E-state index contributed by atoms with van der Waals surface area (Å²) in [7, 11) is 1.72. The van der Waals surface area contributed by atoms with Crippen molar-refractivity contribution in [3.8, 4) is 0 Å². The van der Waals surface area contributed by atoms with E-state index in [9.17, 15) is 0 Å². The third-order valence-electron chi connectivity index (χ3n) is 2.26. The maximum Gasteiger partial charge on any atom is 0.224 e. The number of benzene rings is 1. The van der Waals surface area contributed by atoms with Crippen LogP contribution in [-0.4, -0.2) is 17.0 Å². The van der Waals surface area contributed by atoms with Crippen LogP contribution in [0.2, 0.25) is 15.1 Å². The van der Waals surface area contributed by atoms with E-state index in [1.165, 1.54) is 6.20 Å². The largest absolute Gasteiger partial charge is 0.357 e. The monoisotopic (exact) mass is 380 g/mol. The van der Waals surface area contributed by atoms with Crippen molar-refractivity contribution in [2.45, 2.75) is 0 Å². The molecule has 0 aliphatic rings. The minimum Gasteiger partial charge on any atom is -0.357 e. The maximum absolute atomic E-state index is 6.15. The topological polar surface area (TPSA) is 49.8 Å². The number of rotatable bonds is 3. The zero-order valence-electron chi connectivity index (χ0n) is 9.64. The summed E-state index contributed by atoms with van der Waals surface area (Å²) in [5.74, 6) is 0.896. The number of hydrogen-bond donors (Lipinski definition) is 2. The summed E-state index contributed by atoms with van der Waals surface area (Å²) < 4.78 is 0.717. The molecular formula is C11H8BrCl3N4. The van der Waals surface area contributed by atoms with E-state index in [1.807, 2.05) is 0 Å². The molecule has 1 aromatic heterocycles. The van der Waals surface area contributed by atoms with Crippen LogP contribution in [0, 0.1) is 0 Å². The first kappa shape index (κ1) is 14.7. The van der Waals surface area contributed by atoms with Crippen molar-refractivity contribution in [3.63, 3.8) is 0 Å². The molecule has 0 atom stereocenters. The molecule has 1 aromatic carbocycles. The van der Waals surface area contributed by atoms with Crippen molar-refractivity contribution < 1.29 is 0 Å². The quantitative estimate of drug-likeness (QED) is 0.735. The lowest BCUT2D eigenvalue weighted by Crippen LogP contribution is -2.01. The third kappa shape index (κ3) is 3.23. The van der Waals surface area contributed by atoms with Crippen LogP contribution in [0.4, 0.5) is 17.5 Å². The molecule has 2 N–H and O–H groups in total. The molecule has 2 rings (SSSR count). The van der Waals surface area contributed by atoms with E-state index < -0.39 is 0 Å². The van der Waals surface area contributed by atoms with E-state index in [-0.39, 0.29) is 0 Å². The minimum atomic E-state index is 0.383. The van der Waals surface area contributed by atoms with E-state index in [4.69, 9.17) is 34.8 Å². The van der Waals surface area contributed by atoms with Gasteiger partial charge in [0.2, 0.25) is 5.95 Å².